The number of nitrogens with zero attached hydrogens (tertiary/aromatic N) is 1. The van der Waals surface area contributed by atoms with Crippen molar-refractivity contribution in [3.63, 3.8) is 0 Å². The topological polar surface area (TPSA) is 88.8 Å². The number of anilines is 2. The molecule has 2 aromatic carbocycles. The Kier molecular flexibility index (Phi) is 3.69. The van der Waals surface area contributed by atoms with E-state index in [1.54, 1.807) is 49.5 Å². The molecule has 7 heteroatoms. The van der Waals surface area contributed by atoms with Gasteiger partial charge in [0.2, 0.25) is 0 Å². The van der Waals surface area contributed by atoms with Crippen molar-refractivity contribution in [1.29, 1.82) is 0 Å². The summed E-state index contributed by atoms with van der Waals surface area (Å²) in [6.07, 6.45) is 0. The number of hydrogen-bond acceptors (Lipinski definition) is 5. The van der Waals surface area contributed by atoms with Gasteiger partial charge < -0.3 is 19.4 Å². The molecule has 4 rings (SSSR count). The maximum absolute atomic E-state index is 12.5. The fourth-order valence-electron chi connectivity index (χ4n) is 2.77. The Morgan fingerprint density at radius 3 is 2.77 bits per heavy atom. The second-order valence-electron chi connectivity index (χ2n) is 5.86. The van der Waals surface area contributed by atoms with E-state index in [0.29, 0.717) is 28.1 Å². The third-order valence-electron chi connectivity index (χ3n) is 4.19. The van der Waals surface area contributed by atoms with Crippen molar-refractivity contribution in [3.05, 3.63) is 64.5 Å². The lowest BCUT2D eigenvalue weighted by Crippen LogP contribution is -2.35. The molecule has 0 atom stereocenters. The van der Waals surface area contributed by atoms with Crippen LogP contribution in [0.25, 0.3) is 11.0 Å². The van der Waals surface area contributed by atoms with Crippen molar-refractivity contribution in [2.75, 3.05) is 23.9 Å². The second kappa shape index (κ2) is 6.03. The Morgan fingerprint density at radius 2 is 1.92 bits per heavy atom. The van der Waals surface area contributed by atoms with Gasteiger partial charge in [-0.15, -0.1) is 0 Å². The van der Waals surface area contributed by atoms with Gasteiger partial charge in [-0.1, -0.05) is 18.2 Å². The predicted molar refractivity (Wildman–Crippen MR) is 95.8 cm³/mol. The van der Waals surface area contributed by atoms with Crippen LogP contribution in [0.15, 0.2) is 57.7 Å². The van der Waals surface area contributed by atoms with Crippen LogP contribution in [0.3, 0.4) is 0 Å². The van der Waals surface area contributed by atoms with Crippen LogP contribution < -0.4 is 20.6 Å². The van der Waals surface area contributed by atoms with E-state index in [-0.39, 0.29) is 18.1 Å². The van der Waals surface area contributed by atoms with Gasteiger partial charge in [-0.3, -0.25) is 9.59 Å². The summed E-state index contributed by atoms with van der Waals surface area (Å²) in [5, 5.41) is 3.31. The van der Waals surface area contributed by atoms with Crippen LogP contribution in [0.4, 0.5) is 11.4 Å². The molecule has 130 valence electrons. The van der Waals surface area contributed by atoms with E-state index in [1.165, 1.54) is 11.0 Å². The van der Waals surface area contributed by atoms with Crippen molar-refractivity contribution in [2.24, 2.45) is 0 Å². The molecule has 3 aromatic rings. The average Bonchev–Trinajstić information content (AvgIpc) is 2.64. The fourth-order valence-corrected chi connectivity index (χ4v) is 2.77. The quantitative estimate of drug-likeness (QED) is 0.717. The zero-order valence-corrected chi connectivity index (χ0v) is 13.8. The van der Waals surface area contributed by atoms with Crippen molar-refractivity contribution >= 4 is 34.2 Å². The number of rotatable bonds is 2. The van der Waals surface area contributed by atoms with E-state index in [9.17, 15) is 14.4 Å². The highest BCUT2D eigenvalue weighted by molar-refractivity contribution is 6.06. The lowest BCUT2D eigenvalue weighted by molar-refractivity contribution is -0.120. The normalized spacial score (nSPS) is 13.3. The van der Waals surface area contributed by atoms with Crippen LogP contribution in [0.5, 0.6) is 5.75 Å². The summed E-state index contributed by atoms with van der Waals surface area (Å²) in [5.74, 6) is -0.221. The number of ether oxygens (including phenoxy) is 1. The Morgan fingerprint density at radius 1 is 1.12 bits per heavy atom. The van der Waals surface area contributed by atoms with Crippen molar-refractivity contribution < 1.29 is 18.7 Å². The number of carbonyl (C=O) groups excluding carboxylic acids is 2. The number of nitrogens with one attached hydrogen (secondary N) is 1. The summed E-state index contributed by atoms with van der Waals surface area (Å²) in [5.41, 5.74) is 0.591. The lowest BCUT2D eigenvalue weighted by Gasteiger charge is -2.26. The fraction of sp³-hybridized carbons (Fsp3) is 0.105. The maximum atomic E-state index is 12.5. The van der Waals surface area contributed by atoms with Crippen LogP contribution in [0, 0.1) is 0 Å². The van der Waals surface area contributed by atoms with Crippen LogP contribution in [-0.2, 0) is 4.79 Å². The molecule has 1 aliphatic rings. The summed E-state index contributed by atoms with van der Waals surface area (Å²) in [6, 6.07) is 13.4. The number of fused-ring (bicyclic) bond motifs is 2. The number of amides is 2. The lowest BCUT2D eigenvalue weighted by atomic mass is 10.1. The number of para-hydroxylation sites is 1. The standard InChI is InChI=1S/C19H14N2O5/c1-21-14-9-12(6-7-16(14)25-10-17(21)22)20-18(23)13-8-11-4-2-3-5-15(11)26-19(13)24/h2-9H,10H2,1H3,(H,20,23). The Bertz CT molecular complexity index is 1100. The zero-order valence-electron chi connectivity index (χ0n) is 13.8. The third-order valence-corrected chi connectivity index (χ3v) is 4.19. The minimum atomic E-state index is -0.713. The molecule has 0 aliphatic carbocycles. The number of carbonyl (C=O) groups is 2. The Hall–Kier alpha value is -3.61. The van der Waals surface area contributed by atoms with Gasteiger partial charge in [0.15, 0.2) is 6.61 Å². The molecule has 0 unspecified atom stereocenters. The average molecular weight is 350 g/mol. The molecule has 1 N–H and O–H groups in total. The Balaban J connectivity index is 1.66. The molecule has 0 saturated heterocycles. The minimum Gasteiger partial charge on any atom is -0.482 e. The van der Waals surface area contributed by atoms with E-state index in [2.05, 4.69) is 5.32 Å². The molecule has 0 bridgehead atoms. The molecular weight excluding hydrogens is 336 g/mol. The first-order chi connectivity index (χ1) is 12.5. The van der Waals surface area contributed by atoms with E-state index in [1.807, 2.05) is 0 Å². The molecule has 0 radical (unpaired) electrons. The van der Waals surface area contributed by atoms with Crippen LogP contribution in [0.1, 0.15) is 10.4 Å². The number of hydrogen-bond donors (Lipinski definition) is 1. The predicted octanol–water partition coefficient (Wildman–Crippen LogP) is 2.40. The highest BCUT2D eigenvalue weighted by Gasteiger charge is 2.23. The van der Waals surface area contributed by atoms with E-state index >= 15 is 0 Å². The smallest absolute Gasteiger partial charge is 0.349 e. The van der Waals surface area contributed by atoms with Gasteiger partial charge in [0.1, 0.15) is 16.9 Å². The van der Waals surface area contributed by atoms with Crippen LogP contribution >= 0.6 is 0 Å². The van der Waals surface area contributed by atoms with E-state index in [4.69, 9.17) is 9.15 Å². The highest BCUT2D eigenvalue weighted by atomic mass is 16.5. The van der Waals surface area contributed by atoms with Gasteiger partial charge in [-0.25, -0.2) is 4.79 Å². The maximum Gasteiger partial charge on any atom is 0.349 e. The van der Waals surface area contributed by atoms with Gasteiger partial charge in [0.25, 0.3) is 11.8 Å². The summed E-state index contributed by atoms with van der Waals surface area (Å²) in [4.78, 5) is 37.8. The van der Waals surface area contributed by atoms with Crippen molar-refractivity contribution in [3.8, 4) is 5.75 Å². The molecule has 0 saturated carbocycles. The van der Waals surface area contributed by atoms with Gasteiger partial charge in [0, 0.05) is 18.1 Å². The van der Waals surface area contributed by atoms with Crippen LogP contribution in [0.2, 0.25) is 0 Å². The molecule has 2 amide bonds. The first-order valence-electron chi connectivity index (χ1n) is 7.90. The first-order valence-corrected chi connectivity index (χ1v) is 7.90. The minimum absolute atomic E-state index is 0.0205. The largest absolute Gasteiger partial charge is 0.482 e. The Labute approximate surface area is 147 Å². The SMILES string of the molecule is CN1C(=O)COc2ccc(NC(=O)c3cc4ccccc4oc3=O)cc21. The summed E-state index contributed by atoms with van der Waals surface area (Å²) in [7, 11) is 1.63. The molecule has 2 heterocycles. The van der Waals surface area contributed by atoms with Crippen molar-refractivity contribution in [1.82, 2.24) is 0 Å². The molecule has 1 aromatic heterocycles. The molecule has 26 heavy (non-hydrogen) atoms. The van der Waals surface area contributed by atoms with Crippen LogP contribution in [-0.4, -0.2) is 25.5 Å². The molecule has 0 fully saturated rings. The molecule has 7 nitrogen and oxygen atoms in total. The molecular formula is C19H14N2O5. The summed E-state index contributed by atoms with van der Waals surface area (Å²) in [6.45, 7) is -0.0205. The van der Waals surface area contributed by atoms with Gasteiger partial charge in [-0.2, -0.15) is 0 Å². The third kappa shape index (κ3) is 2.69. The molecule has 1 aliphatic heterocycles. The number of likely N-dealkylation sites (N-methyl/N-ethyl adjacent to an activating group) is 1. The van der Waals surface area contributed by atoms with Gasteiger partial charge in [0.05, 0.1) is 5.69 Å². The second-order valence-corrected chi connectivity index (χ2v) is 5.86. The molecule has 0 spiro atoms. The van der Waals surface area contributed by atoms with E-state index in [0.717, 1.165) is 0 Å². The monoisotopic (exact) mass is 350 g/mol. The zero-order chi connectivity index (χ0) is 18.3. The first kappa shape index (κ1) is 15.9. The summed E-state index contributed by atoms with van der Waals surface area (Å²) < 4.78 is 10.5. The van der Waals surface area contributed by atoms with Crippen molar-refractivity contribution in [2.45, 2.75) is 0 Å². The number of benzene rings is 2. The van der Waals surface area contributed by atoms with Gasteiger partial charge in [-0.05, 0) is 30.3 Å². The summed E-state index contributed by atoms with van der Waals surface area (Å²) >= 11 is 0. The van der Waals surface area contributed by atoms with E-state index < -0.39 is 11.5 Å². The highest BCUT2D eigenvalue weighted by Crippen LogP contribution is 2.33. The van der Waals surface area contributed by atoms with Gasteiger partial charge >= 0.3 is 5.63 Å².